The molecule has 0 aliphatic carbocycles. The van der Waals surface area contributed by atoms with Gasteiger partial charge in [0.05, 0.1) is 0 Å². The highest BCUT2D eigenvalue weighted by Crippen LogP contribution is 2.15. The summed E-state index contributed by atoms with van der Waals surface area (Å²) in [6.07, 6.45) is -0.756. The Bertz CT molecular complexity index is 647. The van der Waals surface area contributed by atoms with E-state index < -0.39 is 12.0 Å². The molecule has 0 bridgehead atoms. The second-order valence-corrected chi connectivity index (χ2v) is 4.91. The maximum atomic E-state index is 11.5. The Hall–Kier alpha value is -2.73. The summed E-state index contributed by atoms with van der Waals surface area (Å²) in [7, 11) is 0. The molecule has 0 atom stereocenters. The van der Waals surface area contributed by atoms with Crippen molar-refractivity contribution >= 4 is 23.6 Å². The van der Waals surface area contributed by atoms with E-state index in [4.69, 9.17) is 21.1 Å². The number of ether oxygens (including phenoxy) is 2. The molecule has 0 heterocycles. The molecule has 0 saturated heterocycles. The van der Waals surface area contributed by atoms with Gasteiger partial charge in [0.25, 0.3) is 5.91 Å². The van der Waals surface area contributed by atoms with E-state index in [2.05, 4.69) is 10.9 Å². The lowest BCUT2D eigenvalue weighted by molar-refractivity contribution is -0.124. The molecular weight excluding hydrogens is 320 g/mol. The SMILES string of the molecule is O=C(COc1ccc(Cl)cc1)NNC(=O)OCc1ccccc1. The molecule has 0 spiro atoms. The minimum absolute atomic E-state index is 0.115. The van der Waals surface area contributed by atoms with E-state index in [1.165, 1.54) is 0 Å². The topological polar surface area (TPSA) is 76.7 Å². The number of nitrogens with one attached hydrogen (secondary N) is 2. The van der Waals surface area contributed by atoms with Gasteiger partial charge in [-0.2, -0.15) is 0 Å². The molecule has 2 rings (SSSR count). The van der Waals surface area contributed by atoms with Crippen molar-refractivity contribution in [2.24, 2.45) is 0 Å². The molecule has 7 heteroatoms. The van der Waals surface area contributed by atoms with Gasteiger partial charge in [-0.3, -0.25) is 10.2 Å². The molecule has 6 nitrogen and oxygen atoms in total. The Morgan fingerprint density at radius 3 is 2.35 bits per heavy atom. The highest BCUT2D eigenvalue weighted by molar-refractivity contribution is 6.30. The van der Waals surface area contributed by atoms with Crippen LogP contribution in [0.1, 0.15) is 5.56 Å². The molecule has 0 saturated carbocycles. The van der Waals surface area contributed by atoms with E-state index in [0.717, 1.165) is 5.56 Å². The highest BCUT2D eigenvalue weighted by Gasteiger charge is 2.06. The summed E-state index contributed by atoms with van der Waals surface area (Å²) in [4.78, 5) is 23.0. The Labute approximate surface area is 138 Å². The number of amides is 2. The van der Waals surface area contributed by atoms with Crippen LogP contribution in [0.5, 0.6) is 5.75 Å². The summed E-state index contributed by atoms with van der Waals surface area (Å²) < 4.78 is 10.2. The predicted octanol–water partition coefficient (Wildman–Crippen LogP) is 2.68. The van der Waals surface area contributed by atoms with E-state index >= 15 is 0 Å². The number of rotatable bonds is 5. The lowest BCUT2D eigenvalue weighted by atomic mass is 10.2. The lowest BCUT2D eigenvalue weighted by Crippen LogP contribution is -2.44. The van der Waals surface area contributed by atoms with E-state index in [-0.39, 0.29) is 13.2 Å². The van der Waals surface area contributed by atoms with E-state index in [1.807, 2.05) is 30.3 Å². The minimum Gasteiger partial charge on any atom is -0.484 e. The molecule has 0 radical (unpaired) electrons. The normalized spacial score (nSPS) is 9.78. The molecule has 0 fully saturated rings. The molecule has 0 unspecified atom stereocenters. The Kier molecular flexibility index (Phi) is 6.26. The van der Waals surface area contributed by atoms with Crippen LogP contribution in [0.15, 0.2) is 54.6 Å². The summed E-state index contributed by atoms with van der Waals surface area (Å²) in [6, 6.07) is 15.8. The van der Waals surface area contributed by atoms with Crippen molar-refractivity contribution in [2.75, 3.05) is 6.61 Å². The van der Waals surface area contributed by atoms with E-state index in [9.17, 15) is 9.59 Å². The van der Waals surface area contributed by atoms with Crippen LogP contribution in [0, 0.1) is 0 Å². The molecule has 2 N–H and O–H groups in total. The van der Waals surface area contributed by atoms with Gasteiger partial charge in [0.15, 0.2) is 6.61 Å². The first-order chi connectivity index (χ1) is 11.1. The highest BCUT2D eigenvalue weighted by atomic mass is 35.5. The maximum absolute atomic E-state index is 11.5. The van der Waals surface area contributed by atoms with Crippen molar-refractivity contribution in [1.29, 1.82) is 0 Å². The van der Waals surface area contributed by atoms with Crippen LogP contribution < -0.4 is 15.6 Å². The van der Waals surface area contributed by atoms with Crippen LogP contribution in [-0.4, -0.2) is 18.6 Å². The fourth-order valence-corrected chi connectivity index (χ4v) is 1.72. The van der Waals surface area contributed by atoms with Gasteiger partial charge < -0.3 is 9.47 Å². The number of benzene rings is 2. The second kappa shape index (κ2) is 8.65. The predicted molar refractivity (Wildman–Crippen MR) is 84.9 cm³/mol. The smallest absolute Gasteiger partial charge is 0.426 e. The summed E-state index contributed by atoms with van der Waals surface area (Å²) >= 11 is 5.74. The van der Waals surface area contributed by atoms with Crippen molar-refractivity contribution in [3.63, 3.8) is 0 Å². The monoisotopic (exact) mass is 334 g/mol. The van der Waals surface area contributed by atoms with Crippen molar-refractivity contribution in [1.82, 2.24) is 10.9 Å². The zero-order chi connectivity index (χ0) is 16.5. The average Bonchev–Trinajstić information content (AvgIpc) is 2.58. The van der Waals surface area contributed by atoms with Crippen molar-refractivity contribution < 1.29 is 19.1 Å². The van der Waals surface area contributed by atoms with Gasteiger partial charge in [-0.15, -0.1) is 0 Å². The Morgan fingerprint density at radius 1 is 0.957 bits per heavy atom. The number of hydrogen-bond donors (Lipinski definition) is 2. The van der Waals surface area contributed by atoms with Gasteiger partial charge in [-0.25, -0.2) is 10.2 Å². The molecule has 2 amide bonds. The third-order valence-electron chi connectivity index (χ3n) is 2.70. The largest absolute Gasteiger partial charge is 0.484 e. The third kappa shape index (κ3) is 6.27. The number of hydrogen-bond acceptors (Lipinski definition) is 4. The Morgan fingerprint density at radius 2 is 1.65 bits per heavy atom. The van der Waals surface area contributed by atoms with Crippen LogP contribution >= 0.6 is 11.6 Å². The van der Waals surface area contributed by atoms with Gasteiger partial charge in [0.2, 0.25) is 0 Å². The zero-order valence-corrected chi connectivity index (χ0v) is 12.9. The molecule has 2 aromatic carbocycles. The molecule has 0 aliphatic rings. The average molecular weight is 335 g/mol. The summed E-state index contributed by atoms with van der Waals surface area (Å²) in [5, 5.41) is 0.574. The fraction of sp³-hybridized carbons (Fsp3) is 0.125. The number of halogens is 1. The number of carbonyl (C=O) groups excluding carboxylic acids is 2. The molecule has 120 valence electrons. The summed E-state index contributed by atoms with van der Waals surface area (Å²) in [5.41, 5.74) is 5.17. The summed E-state index contributed by atoms with van der Waals surface area (Å²) in [5.74, 6) is -0.0205. The first-order valence-corrected chi connectivity index (χ1v) is 7.15. The second-order valence-electron chi connectivity index (χ2n) is 4.48. The van der Waals surface area contributed by atoms with Crippen LogP contribution in [-0.2, 0) is 16.1 Å². The molecule has 23 heavy (non-hydrogen) atoms. The molecule has 0 aromatic heterocycles. The van der Waals surface area contributed by atoms with Crippen molar-refractivity contribution in [2.45, 2.75) is 6.61 Å². The summed E-state index contributed by atoms with van der Waals surface area (Å²) in [6.45, 7) is -0.135. The van der Waals surface area contributed by atoms with E-state index in [1.54, 1.807) is 24.3 Å². The number of hydrazine groups is 1. The zero-order valence-electron chi connectivity index (χ0n) is 12.1. The molecular formula is C16H15ClN2O4. The lowest BCUT2D eigenvalue weighted by Gasteiger charge is -2.09. The third-order valence-corrected chi connectivity index (χ3v) is 2.95. The number of carbonyl (C=O) groups is 2. The van der Waals surface area contributed by atoms with Crippen LogP contribution in [0.4, 0.5) is 4.79 Å². The van der Waals surface area contributed by atoms with Crippen LogP contribution in [0.3, 0.4) is 0 Å². The van der Waals surface area contributed by atoms with Gasteiger partial charge in [-0.05, 0) is 29.8 Å². The van der Waals surface area contributed by atoms with Gasteiger partial charge in [0, 0.05) is 5.02 Å². The van der Waals surface area contributed by atoms with Gasteiger partial charge >= 0.3 is 6.09 Å². The first kappa shape index (κ1) is 16.6. The minimum atomic E-state index is -0.756. The van der Waals surface area contributed by atoms with Crippen LogP contribution in [0.2, 0.25) is 5.02 Å². The van der Waals surface area contributed by atoms with Crippen LogP contribution in [0.25, 0.3) is 0 Å². The van der Waals surface area contributed by atoms with Crippen molar-refractivity contribution in [3.05, 3.63) is 65.2 Å². The fourth-order valence-electron chi connectivity index (χ4n) is 1.60. The quantitative estimate of drug-likeness (QED) is 0.824. The molecule has 0 aliphatic heterocycles. The first-order valence-electron chi connectivity index (χ1n) is 6.77. The Balaban J connectivity index is 1.63. The molecule has 2 aromatic rings. The standard InChI is InChI=1S/C16H15ClN2O4/c17-13-6-8-14(9-7-13)22-11-15(20)18-19-16(21)23-10-12-4-2-1-3-5-12/h1-9H,10-11H2,(H,18,20)(H,19,21). The van der Waals surface area contributed by atoms with Gasteiger partial charge in [0.1, 0.15) is 12.4 Å². The van der Waals surface area contributed by atoms with Crippen molar-refractivity contribution in [3.8, 4) is 5.75 Å². The van der Waals surface area contributed by atoms with Gasteiger partial charge in [-0.1, -0.05) is 41.9 Å². The maximum Gasteiger partial charge on any atom is 0.426 e. The van der Waals surface area contributed by atoms with E-state index in [0.29, 0.717) is 10.8 Å².